The van der Waals surface area contributed by atoms with Crippen LogP contribution in [0, 0.1) is 0 Å². The molecular weight excluding hydrogens is 174 g/mol. The van der Waals surface area contributed by atoms with Crippen LogP contribution in [0.2, 0.25) is 0 Å². The highest BCUT2D eigenvalue weighted by atomic mass is 32.2. The summed E-state index contributed by atoms with van der Waals surface area (Å²) >= 11 is 0. The molecule has 0 aliphatic rings. The van der Waals surface area contributed by atoms with Crippen molar-refractivity contribution in [1.82, 2.24) is 0 Å². The summed E-state index contributed by atoms with van der Waals surface area (Å²) in [5.74, 6) is -5.73. The zero-order chi connectivity index (χ0) is 8.36. The molecule has 0 bridgehead atoms. The summed E-state index contributed by atoms with van der Waals surface area (Å²) in [5, 5.41) is 4.38. The van der Waals surface area contributed by atoms with Crippen molar-refractivity contribution in [1.29, 1.82) is 0 Å². The van der Waals surface area contributed by atoms with Gasteiger partial charge in [-0.25, -0.2) is 13.0 Å². The van der Waals surface area contributed by atoms with Crippen molar-refractivity contribution in [2.45, 2.75) is 12.3 Å². The largest absolute Gasteiger partial charge is 0.320 e. The van der Waals surface area contributed by atoms with Gasteiger partial charge in [0.2, 0.25) is 0 Å². The molecule has 2 nitrogen and oxygen atoms in total. The van der Waals surface area contributed by atoms with E-state index in [1.54, 1.807) is 0 Å². The van der Waals surface area contributed by atoms with Gasteiger partial charge in [0.1, 0.15) is 5.75 Å². The molecule has 0 rings (SSSR count). The third kappa shape index (κ3) is 3.11. The minimum atomic E-state index is -4.24. The van der Waals surface area contributed by atoms with Crippen LogP contribution in [0.25, 0.3) is 0 Å². The Morgan fingerprint density at radius 3 is 2.00 bits per heavy atom. The second-order valence-corrected chi connectivity index (χ2v) is 2.64. The maximum Gasteiger partial charge on any atom is 0.320 e. The first-order chi connectivity index (χ1) is 4.36. The number of hydrogen-bond acceptors (Lipinski definition) is 1. The Morgan fingerprint density at radius 2 is 1.90 bits per heavy atom. The Morgan fingerprint density at radius 1 is 1.50 bits per heavy atom. The van der Waals surface area contributed by atoms with Crippen LogP contribution >= 0.6 is 0 Å². The molecule has 7 heteroatoms. The van der Waals surface area contributed by atoms with Gasteiger partial charge < -0.3 is 0 Å². The normalized spacial score (nSPS) is 15.8. The molecule has 0 radical (unpaired) electrons. The fraction of sp³-hybridized carbons (Fsp3) is 1.00. The van der Waals surface area contributed by atoms with Gasteiger partial charge in [-0.2, -0.15) is 8.78 Å². The number of halogens is 4. The average Bonchev–Trinajstić information content (AvgIpc) is 1.60. The van der Waals surface area contributed by atoms with Crippen molar-refractivity contribution in [3.63, 3.8) is 0 Å². The zero-order valence-corrected chi connectivity index (χ0v) is 5.51. The van der Waals surface area contributed by atoms with Gasteiger partial charge in [-0.05, 0) is 0 Å². The van der Waals surface area contributed by atoms with Crippen LogP contribution in [-0.4, -0.2) is 22.3 Å². The molecule has 0 aromatic rings. The number of rotatable bonds is 3. The van der Waals surface area contributed by atoms with E-state index in [-0.39, 0.29) is 0 Å². The molecule has 10 heavy (non-hydrogen) atoms. The topological polar surface area (TPSA) is 43.1 Å². The van der Waals surface area contributed by atoms with Crippen LogP contribution in [0.5, 0.6) is 0 Å². The molecule has 0 aliphatic heterocycles. The molecule has 0 aromatic carbocycles. The van der Waals surface area contributed by atoms with Crippen molar-refractivity contribution in [3.8, 4) is 0 Å². The molecule has 0 saturated carbocycles. The summed E-state index contributed by atoms with van der Waals surface area (Å²) in [5.41, 5.74) is 0. The molecule has 0 saturated heterocycles. The van der Waals surface area contributed by atoms with E-state index in [0.29, 0.717) is 0 Å². The highest BCUT2D eigenvalue weighted by Gasteiger charge is 2.41. The van der Waals surface area contributed by atoms with Gasteiger partial charge in [0.05, 0.1) is 11.0 Å². The molecule has 2 N–H and O–H groups in total. The van der Waals surface area contributed by atoms with Crippen molar-refractivity contribution in [3.05, 3.63) is 0 Å². The maximum absolute atomic E-state index is 11.8. The lowest BCUT2D eigenvalue weighted by Gasteiger charge is -2.11. The molecule has 0 fully saturated rings. The van der Waals surface area contributed by atoms with Crippen LogP contribution in [0.15, 0.2) is 0 Å². The third-order valence-electron chi connectivity index (χ3n) is 0.654. The van der Waals surface area contributed by atoms with E-state index in [1.165, 1.54) is 0 Å². The predicted octanol–water partition coefficient (Wildman–Crippen LogP) is 0.509. The molecule has 0 spiro atoms. The minimum absolute atomic E-state index is 1.50. The monoisotopic (exact) mass is 179 g/mol. The highest BCUT2D eigenvalue weighted by Crippen LogP contribution is 2.22. The van der Waals surface area contributed by atoms with Crippen molar-refractivity contribution >= 4 is 11.0 Å². The van der Waals surface area contributed by atoms with E-state index in [2.05, 4.69) is 5.14 Å². The van der Waals surface area contributed by atoms with Crippen LogP contribution in [0.1, 0.15) is 0 Å². The Balaban J connectivity index is 3.99. The predicted molar refractivity (Wildman–Crippen MR) is 28.1 cm³/mol. The SMILES string of the molecule is NS(=O)CC(F)(F)C(F)F. The van der Waals surface area contributed by atoms with E-state index in [0.717, 1.165) is 0 Å². The standard InChI is InChI=1S/C3H5F4NOS/c4-2(5)3(6,7)1-10(8)9/h2H,1,8H2. The Kier molecular flexibility index (Phi) is 3.23. The summed E-state index contributed by atoms with van der Waals surface area (Å²) in [4.78, 5) is 0. The lowest BCUT2D eigenvalue weighted by molar-refractivity contribution is -0.110. The van der Waals surface area contributed by atoms with Crippen molar-refractivity contribution < 1.29 is 21.8 Å². The first-order valence-electron chi connectivity index (χ1n) is 2.15. The Bertz CT molecular complexity index is 138. The fourth-order valence-electron chi connectivity index (χ4n) is 0.253. The molecule has 62 valence electrons. The van der Waals surface area contributed by atoms with Gasteiger partial charge in [0.25, 0.3) is 0 Å². The van der Waals surface area contributed by atoms with Crippen LogP contribution in [0.4, 0.5) is 17.6 Å². The van der Waals surface area contributed by atoms with Gasteiger partial charge in [-0.3, -0.25) is 5.14 Å². The molecule has 0 amide bonds. The lowest BCUT2D eigenvalue weighted by Crippen LogP contribution is -2.35. The number of alkyl halides is 4. The van der Waals surface area contributed by atoms with Gasteiger partial charge >= 0.3 is 12.3 Å². The van der Waals surface area contributed by atoms with E-state index >= 15 is 0 Å². The summed E-state index contributed by atoms with van der Waals surface area (Å²) in [6, 6.07) is 0. The second-order valence-electron chi connectivity index (χ2n) is 1.59. The molecule has 1 unspecified atom stereocenters. The van der Waals surface area contributed by atoms with Crippen molar-refractivity contribution in [2.75, 3.05) is 5.75 Å². The summed E-state index contributed by atoms with van der Waals surface area (Å²) < 4.78 is 55.9. The van der Waals surface area contributed by atoms with E-state index in [1.807, 2.05) is 0 Å². The summed E-state index contributed by atoms with van der Waals surface area (Å²) in [6.07, 6.45) is -3.81. The molecule has 0 aliphatic carbocycles. The second kappa shape index (κ2) is 3.29. The first kappa shape index (κ1) is 9.83. The van der Waals surface area contributed by atoms with E-state index in [4.69, 9.17) is 0 Å². The van der Waals surface area contributed by atoms with Crippen molar-refractivity contribution in [2.24, 2.45) is 5.14 Å². The molecular formula is C3H5F4NOS. The van der Waals surface area contributed by atoms with Crippen LogP contribution < -0.4 is 5.14 Å². The van der Waals surface area contributed by atoms with Gasteiger partial charge in [0.15, 0.2) is 0 Å². The minimum Gasteiger partial charge on any atom is -0.252 e. The first-order valence-corrected chi connectivity index (χ1v) is 3.53. The van der Waals surface area contributed by atoms with E-state index < -0.39 is 29.1 Å². The number of nitrogens with two attached hydrogens (primary N) is 1. The zero-order valence-electron chi connectivity index (χ0n) is 4.69. The third-order valence-corrected chi connectivity index (χ3v) is 1.32. The smallest absolute Gasteiger partial charge is 0.252 e. The molecule has 0 aromatic heterocycles. The fourth-order valence-corrected chi connectivity index (χ4v) is 0.758. The Hall–Kier alpha value is -0.170. The summed E-state index contributed by atoms with van der Waals surface area (Å²) in [7, 11) is -2.39. The number of hydrogen-bond donors (Lipinski definition) is 1. The maximum atomic E-state index is 11.8. The quantitative estimate of drug-likeness (QED) is 0.630. The molecule has 0 heterocycles. The lowest BCUT2D eigenvalue weighted by atomic mass is 10.4. The van der Waals surface area contributed by atoms with Crippen LogP contribution in [-0.2, 0) is 11.0 Å². The van der Waals surface area contributed by atoms with Gasteiger partial charge in [-0.1, -0.05) is 0 Å². The van der Waals surface area contributed by atoms with Crippen LogP contribution in [0.3, 0.4) is 0 Å². The van der Waals surface area contributed by atoms with E-state index in [9.17, 15) is 21.8 Å². The van der Waals surface area contributed by atoms with Gasteiger partial charge in [0, 0.05) is 0 Å². The molecule has 1 atom stereocenters. The summed E-state index contributed by atoms with van der Waals surface area (Å²) in [6.45, 7) is 0. The van der Waals surface area contributed by atoms with Gasteiger partial charge in [-0.15, -0.1) is 0 Å². The average molecular weight is 179 g/mol. The highest BCUT2D eigenvalue weighted by molar-refractivity contribution is 7.82. The Labute approximate surface area is 57.0 Å².